The maximum Gasteiger partial charge on any atom is 0.320 e. The Labute approximate surface area is 181 Å². The molecular formula is C22H26ClNO6. The summed E-state index contributed by atoms with van der Waals surface area (Å²) in [5.74, 6) is 1.34. The van der Waals surface area contributed by atoms with Crippen LogP contribution in [0.1, 0.15) is 30.0 Å². The van der Waals surface area contributed by atoms with Crippen molar-refractivity contribution in [3.05, 3.63) is 46.5 Å². The van der Waals surface area contributed by atoms with Gasteiger partial charge in [-0.3, -0.25) is 9.69 Å². The maximum absolute atomic E-state index is 12.0. The minimum atomic E-state index is -0.863. The van der Waals surface area contributed by atoms with Crippen LogP contribution in [0.5, 0.6) is 23.0 Å². The van der Waals surface area contributed by atoms with Gasteiger partial charge in [0.2, 0.25) is 0 Å². The summed E-state index contributed by atoms with van der Waals surface area (Å²) in [6.07, 6.45) is 1.33. The first-order valence-electron chi connectivity index (χ1n) is 9.57. The first kappa shape index (κ1) is 22.1. The van der Waals surface area contributed by atoms with E-state index in [1.807, 2.05) is 11.0 Å². The van der Waals surface area contributed by atoms with Crippen molar-refractivity contribution in [1.29, 1.82) is 0 Å². The normalized spacial score (nSPS) is 17.4. The standard InChI is InChI=1S/C22H26ClNO6/c1-27-17-8-7-13(23)10-14(17)21(24-9-5-6-16(24)22(25)26)15-11-19(29-3)20(30-4)12-18(15)28-2/h7-8,10-12,16,21H,5-6,9H2,1-4H3,(H,25,26). The van der Waals surface area contributed by atoms with E-state index in [1.54, 1.807) is 52.7 Å². The lowest BCUT2D eigenvalue weighted by atomic mass is 9.94. The van der Waals surface area contributed by atoms with E-state index in [9.17, 15) is 9.90 Å². The fraction of sp³-hybridized carbons (Fsp3) is 0.409. The summed E-state index contributed by atoms with van der Waals surface area (Å²) in [6, 6.07) is 7.77. The Morgan fingerprint density at radius 1 is 0.967 bits per heavy atom. The summed E-state index contributed by atoms with van der Waals surface area (Å²) in [7, 11) is 6.25. The van der Waals surface area contributed by atoms with Crippen LogP contribution in [-0.4, -0.2) is 57.0 Å². The third kappa shape index (κ3) is 4.13. The second kappa shape index (κ2) is 9.45. The van der Waals surface area contributed by atoms with Gasteiger partial charge in [-0.05, 0) is 37.1 Å². The Bertz CT molecular complexity index is 919. The molecule has 0 saturated carbocycles. The average molecular weight is 436 g/mol. The number of likely N-dealkylation sites (tertiary alicyclic amines) is 1. The number of nitrogens with zero attached hydrogens (tertiary/aromatic N) is 1. The highest BCUT2D eigenvalue weighted by molar-refractivity contribution is 6.30. The van der Waals surface area contributed by atoms with Crippen LogP contribution in [0, 0.1) is 0 Å². The molecule has 0 radical (unpaired) electrons. The molecule has 1 saturated heterocycles. The number of rotatable bonds is 8. The van der Waals surface area contributed by atoms with E-state index in [0.29, 0.717) is 41.0 Å². The number of methoxy groups -OCH3 is 4. The van der Waals surface area contributed by atoms with Gasteiger partial charge in [0.05, 0.1) is 34.5 Å². The van der Waals surface area contributed by atoms with Gasteiger partial charge >= 0.3 is 5.97 Å². The molecule has 0 aliphatic carbocycles. The SMILES string of the molecule is COc1cc(OC)c(C(c2cc(Cl)ccc2OC)N2CCCC2C(=O)O)cc1OC. The number of ether oxygens (including phenoxy) is 4. The van der Waals surface area contributed by atoms with E-state index in [4.69, 9.17) is 30.5 Å². The number of carboxylic acids is 1. The third-order valence-corrected chi connectivity index (χ3v) is 5.66. The average Bonchev–Trinajstić information content (AvgIpc) is 3.23. The zero-order chi connectivity index (χ0) is 21.8. The molecule has 2 aromatic rings. The first-order chi connectivity index (χ1) is 14.4. The lowest BCUT2D eigenvalue weighted by molar-refractivity contribution is -0.142. The molecule has 2 unspecified atom stereocenters. The Hall–Kier alpha value is -2.64. The molecular weight excluding hydrogens is 410 g/mol. The van der Waals surface area contributed by atoms with Gasteiger partial charge in [-0.2, -0.15) is 0 Å². The van der Waals surface area contributed by atoms with Crippen LogP contribution in [0.4, 0.5) is 0 Å². The lowest BCUT2D eigenvalue weighted by Gasteiger charge is -2.34. The second-order valence-corrected chi connectivity index (χ2v) is 7.41. The highest BCUT2D eigenvalue weighted by Crippen LogP contribution is 2.46. The molecule has 3 rings (SSSR count). The molecule has 30 heavy (non-hydrogen) atoms. The Morgan fingerprint density at radius 3 is 2.17 bits per heavy atom. The number of hydrogen-bond acceptors (Lipinski definition) is 6. The van der Waals surface area contributed by atoms with Gasteiger partial charge in [0.25, 0.3) is 0 Å². The van der Waals surface area contributed by atoms with Crippen molar-refractivity contribution in [2.75, 3.05) is 35.0 Å². The minimum Gasteiger partial charge on any atom is -0.496 e. The molecule has 0 aromatic heterocycles. The first-order valence-corrected chi connectivity index (χ1v) is 9.94. The number of aliphatic carboxylic acids is 1. The summed E-state index contributed by atoms with van der Waals surface area (Å²) >= 11 is 6.32. The predicted molar refractivity (Wildman–Crippen MR) is 113 cm³/mol. The molecule has 2 aromatic carbocycles. The summed E-state index contributed by atoms with van der Waals surface area (Å²) in [4.78, 5) is 13.9. The Balaban J connectivity index is 2.28. The molecule has 1 aliphatic heterocycles. The van der Waals surface area contributed by atoms with E-state index < -0.39 is 18.1 Å². The van der Waals surface area contributed by atoms with Crippen LogP contribution >= 0.6 is 11.6 Å². The molecule has 1 N–H and O–H groups in total. The summed E-state index contributed by atoms with van der Waals surface area (Å²) in [5.41, 5.74) is 1.49. The smallest absolute Gasteiger partial charge is 0.320 e. The molecule has 2 atom stereocenters. The largest absolute Gasteiger partial charge is 0.496 e. The molecule has 162 valence electrons. The zero-order valence-corrected chi connectivity index (χ0v) is 18.2. The van der Waals surface area contributed by atoms with Crippen molar-refractivity contribution < 1.29 is 28.8 Å². The second-order valence-electron chi connectivity index (χ2n) is 6.97. The lowest BCUT2D eigenvalue weighted by Crippen LogP contribution is -2.39. The summed E-state index contributed by atoms with van der Waals surface area (Å²) in [6.45, 7) is 0.606. The van der Waals surface area contributed by atoms with Crippen LogP contribution in [0.2, 0.25) is 5.02 Å². The van der Waals surface area contributed by atoms with Crippen molar-refractivity contribution in [1.82, 2.24) is 4.90 Å². The Kier molecular flexibility index (Phi) is 6.95. The van der Waals surface area contributed by atoms with Crippen LogP contribution in [0.25, 0.3) is 0 Å². The van der Waals surface area contributed by atoms with Gasteiger partial charge < -0.3 is 24.1 Å². The van der Waals surface area contributed by atoms with Gasteiger partial charge in [-0.25, -0.2) is 0 Å². The van der Waals surface area contributed by atoms with E-state index in [1.165, 1.54) is 0 Å². The van der Waals surface area contributed by atoms with Gasteiger partial charge in [0.15, 0.2) is 11.5 Å². The van der Waals surface area contributed by atoms with Crippen molar-refractivity contribution in [2.24, 2.45) is 0 Å². The van der Waals surface area contributed by atoms with E-state index >= 15 is 0 Å². The van der Waals surface area contributed by atoms with Crippen LogP contribution < -0.4 is 18.9 Å². The summed E-state index contributed by atoms with van der Waals surface area (Å²) in [5, 5.41) is 10.4. The number of carbonyl (C=O) groups is 1. The highest BCUT2D eigenvalue weighted by Gasteiger charge is 2.39. The monoisotopic (exact) mass is 435 g/mol. The molecule has 0 amide bonds. The van der Waals surface area contributed by atoms with E-state index in [-0.39, 0.29) is 0 Å². The fourth-order valence-corrected chi connectivity index (χ4v) is 4.25. The highest BCUT2D eigenvalue weighted by atomic mass is 35.5. The van der Waals surface area contributed by atoms with Gasteiger partial charge in [-0.1, -0.05) is 11.6 Å². The van der Waals surface area contributed by atoms with Crippen molar-refractivity contribution >= 4 is 17.6 Å². The molecule has 1 heterocycles. The molecule has 0 bridgehead atoms. The molecule has 7 nitrogen and oxygen atoms in total. The summed E-state index contributed by atoms with van der Waals surface area (Å²) < 4.78 is 22.2. The van der Waals surface area contributed by atoms with Gasteiger partial charge in [0.1, 0.15) is 17.5 Å². The maximum atomic E-state index is 12.0. The fourth-order valence-electron chi connectivity index (χ4n) is 4.07. The van der Waals surface area contributed by atoms with E-state index in [0.717, 1.165) is 17.5 Å². The molecule has 1 aliphatic rings. The topological polar surface area (TPSA) is 77.5 Å². The van der Waals surface area contributed by atoms with Gasteiger partial charge in [0, 0.05) is 28.8 Å². The van der Waals surface area contributed by atoms with Crippen molar-refractivity contribution in [3.8, 4) is 23.0 Å². The number of halogens is 1. The number of hydrogen-bond donors (Lipinski definition) is 1. The van der Waals surface area contributed by atoms with Crippen LogP contribution in [0.15, 0.2) is 30.3 Å². The van der Waals surface area contributed by atoms with Crippen LogP contribution in [0.3, 0.4) is 0 Å². The molecule has 1 fully saturated rings. The minimum absolute atomic E-state index is 0.475. The number of benzene rings is 2. The van der Waals surface area contributed by atoms with E-state index in [2.05, 4.69) is 0 Å². The number of carboxylic acid groups (broad SMARTS) is 1. The molecule has 0 spiro atoms. The zero-order valence-electron chi connectivity index (χ0n) is 17.5. The predicted octanol–water partition coefficient (Wildman–Crippen LogP) is 4.01. The quantitative estimate of drug-likeness (QED) is 0.671. The van der Waals surface area contributed by atoms with Crippen molar-refractivity contribution in [2.45, 2.75) is 24.9 Å². The Morgan fingerprint density at radius 2 is 1.57 bits per heavy atom. The third-order valence-electron chi connectivity index (χ3n) is 5.43. The van der Waals surface area contributed by atoms with Crippen LogP contribution in [-0.2, 0) is 4.79 Å². The molecule has 8 heteroatoms. The van der Waals surface area contributed by atoms with Gasteiger partial charge in [-0.15, -0.1) is 0 Å². The van der Waals surface area contributed by atoms with Crippen molar-refractivity contribution in [3.63, 3.8) is 0 Å².